The van der Waals surface area contributed by atoms with Crippen LogP contribution in [0.2, 0.25) is 0 Å². The molecule has 0 amide bonds. The Bertz CT molecular complexity index is 1150. The van der Waals surface area contributed by atoms with Gasteiger partial charge in [-0.2, -0.15) is 21.0 Å². The van der Waals surface area contributed by atoms with Crippen LogP contribution in [0.25, 0.3) is 0 Å². The summed E-state index contributed by atoms with van der Waals surface area (Å²) in [6, 6.07) is 24.3. The van der Waals surface area contributed by atoms with Gasteiger partial charge in [0, 0.05) is 27.7 Å². The number of hydrogen-bond acceptors (Lipinski definition) is 8. The molecular weight excluding hydrogens is 625 g/mol. The minimum absolute atomic E-state index is 0. The number of aromatic nitrogens is 3. The number of nitriles is 4. The minimum Gasteiger partial charge on any atom is -0.464 e. The van der Waals surface area contributed by atoms with Crippen molar-refractivity contribution < 1.29 is 33.8 Å². The van der Waals surface area contributed by atoms with Crippen LogP contribution in [-0.2, 0) is 33.8 Å². The molecule has 3 heterocycles. The zero-order valence-electron chi connectivity index (χ0n) is 24.2. The van der Waals surface area contributed by atoms with Gasteiger partial charge < -0.3 is 34.8 Å². The van der Waals surface area contributed by atoms with Crippen LogP contribution in [0.1, 0.15) is 27.7 Å². The van der Waals surface area contributed by atoms with Crippen LogP contribution < -0.4 is 31.4 Å². The molecule has 0 saturated heterocycles. The van der Waals surface area contributed by atoms with E-state index < -0.39 is 0 Å². The van der Waals surface area contributed by atoms with Crippen LogP contribution in [0.15, 0.2) is 88.2 Å². The van der Waals surface area contributed by atoms with Crippen LogP contribution in [0.4, 0.5) is 0 Å². The molecule has 0 N–H and O–H groups in total. The van der Waals surface area contributed by atoms with Gasteiger partial charge in [0.05, 0.1) is 24.3 Å². The molecule has 3 aromatic rings. The molecule has 0 unspecified atom stereocenters. The van der Waals surface area contributed by atoms with E-state index >= 15 is 0 Å². The zero-order chi connectivity index (χ0) is 30.1. The predicted molar refractivity (Wildman–Crippen MR) is 152 cm³/mol. The van der Waals surface area contributed by atoms with Gasteiger partial charge in [0.25, 0.3) is 0 Å². The molecule has 0 aliphatic heterocycles. The smallest absolute Gasteiger partial charge is 0.464 e. The van der Waals surface area contributed by atoms with Crippen molar-refractivity contribution >= 4 is 0 Å². The molecule has 3 rings (SSSR count). The van der Waals surface area contributed by atoms with Crippen LogP contribution in [-0.4, -0.2) is 44.2 Å². The van der Waals surface area contributed by atoms with Crippen molar-refractivity contribution in [1.29, 1.82) is 21.0 Å². The largest absolute Gasteiger partial charge is 3.00 e. The summed E-state index contributed by atoms with van der Waals surface area (Å²) in [5.41, 5.74) is 2.29. The Kier molecular flexibility index (Phi) is 39.3. The van der Waals surface area contributed by atoms with Crippen molar-refractivity contribution in [3.05, 3.63) is 89.7 Å². The van der Waals surface area contributed by atoms with Gasteiger partial charge in [-0.1, -0.05) is 89.7 Å². The number of nitrogens with zero attached hydrogens (tertiary/aromatic N) is 11. The first-order valence-corrected chi connectivity index (χ1v) is 12.3. The topological polar surface area (TPSA) is 178 Å². The summed E-state index contributed by atoms with van der Waals surface area (Å²) in [5.74, 6) is 0. The van der Waals surface area contributed by atoms with E-state index in [4.69, 9.17) is 21.0 Å². The molecular formula is C29H36CoCuN11+. The van der Waals surface area contributed by atoms with Crippen molar-refractivity contribution in [2.24, 2.45) is 15.0 Å². The zero-order valence-corrected chi connectivity index (χ0v) is 26.2. The molecule has 3 aromatic heterocycles. The number of pyridine rings is 3. The van der Waals surface area contributed by atoms with Crippen LogP contribution in [0.5, 0.6) is 0 Å². The summed E-state index contributed by atoms with van der Waals surface area (Å²) >= 11 is 0. The van der Waals surface area contributed by atoms with E-state index in [0.717, 1.165) is 36.1 Å². The van der Waals surface area contributed by atoms with Crippen molar-refractivity contribution in [2.45, 2.75) is 27.7 Å². The molecule has 13 heteroatoms. The van der Waals surface area contributed by atoms with Gasteiger partial charge in [-0.25, -0.2) is 0 Å². The fourth-order valence-electron chi connectivity index (χ4n) is 2.60. The second-order valence-electron chi connectivity index (χ2n) is 6.95. The van der Waals surface area contributed by atoms with E-state index in [-0.39, 0.29) is 33.8 Å². The fraction of sp³-hybridized carbons (Fsp3) is 0.345. The Morgan fingerprint density at radius 3 is 0.976 bits per heavy atom. The molecule has 11 nitrogen and oxygen atoms in total. The Balaban J connectivity index is -0.000000446. The first kappa shape index (κ1) is 44.8. The standard InChI is InChI=1S/C21H24N7.4C2H3N.Co.Cu/c1-4-10-22-19(7-1)25-13-16-28(17-14-26-20-8-2-5-11-23-20)18-15-27-21-9-3-6-12-24-21;4*1-2-3;;/h1-12H,13-18H2;4*1H3;;/q-3;;;;;+3;+1. The Labute approximate surface area is 269 Å². The van der Waals surface area contributed by atoms with Crippen LogP contribution in [0, 0.1) is 45.3 Å². The second kappa shape index (κ2) is 36.8. The van der Waals surface area contributed by atoms with Gasteiger partial charge in [0.2, 0.25) is 0 Å². The molecule has 42 heavy (non-hydrogen) atoms. The van der Waals surface area contributed by atoms with Crippen LogP contribution >= 0.6 is 0 Å². The molecule has 0 aliphatic rings. The van der Waals surface area contributed by atoms with Crippen molar-refractivity contribution in [3.8, 4) is 24.3 Å². The Hall–Kier alpha value is -4.20. The van der Waals surface area contributed by atoms with Gasteiger partial charge in [-0.3, -0.25) is 0 Å². The third-order valence-corrected chi connectivity index (χ3v) is 4.02. The first-order chi connectivity index (χ1) is 19.6. The van der Waals surface area contributed by atoms with Crippen molar-refractivity contribution in [2.75, 3.05) is 39.3 Å². The third kappa shape index (κ3) is 30.3. The van der Waals surface area contributed by atoms with Gasteiger partial charge in [-0.15, -0.1) is 0 Å². The maximum Gasteiger partial charge on any atom is 3.00 e. The van der Waals surface area contributed by atoms with E-state index in [2.05, 4.69) is 34.8 Å². The van der Waals surface area contributed by atoms with Crippen LogP contribution in [0.3, 0.4) is 0 Å². The third-order valence-electron chi connectivity index (χ3n) is 4.02. The van der Waals surface area contributed by atoms with Crippen molar-refractivity contribution in [1.82, 2.24) is 19.9 Å². The average Bonchev–Trinajstić information content (AvgIpc) is 2.96. The Morgan fingerprint density at radius 1 is 0.548 bits per heavy atom. The molecule has 0 bridgehead atoms. The summed E-state index contributed by atoms with van der Waals surface area (Å²) in [6.45, 7) is 10.3. The van der Waals surface area contributed by atoms with E-state index in [1.807, 2.05) is 54.6 Å². The van der Waals surface area contributed by atoms with Gasteiger partial charge >= 0.3 is 33.8 Å². The van der Waals surface area contributed by atoms with E-state index in [1.165, 1.54) is 27.7 Å². The summed E-state index contributed by atoms with van der Waals surface area (Å²) in [5, 5.41) is 29.3. The fourth-order valence-corrected chi connectivity index (χ4v) is 2.60. The molecule has 0 saturated carbocycles. The van der Waals surface area contributed by atoms with E-state index in [1.54, 1.807) is 42.9 Å². The summed E-state index contributed by atoms with van der Waals surface area (Å²) < 4.78 is 0. The van der Waals surface area contributed by atoms with E-state index in [9.17, 15) is 0 Å². The Morgan fingerprint density at radius 2 is 0.786 bits per heavy atom. The van der Waals surface area contributed by atoms with Crippen molar-refractivity contribution in [3.63, 3.8) is 0 Å². The van der Waals surface area contributed by atoms with Gasteiger partial charge in [0.1, 0.15) is 0 Å². The van der Waals surface area contributed by atoms with E-state index in [0.29, 0.717) is 19.6 Å². The SMILES string of the molecule is CC#N.CC#N.CC#N.CC#N.[Co+3].[Cu+].c1ccc(=NCCN(CCN=c2cccc[n-]2)CCN=c2cccc[n-]2)[n-]c1. The monoisotopic (exact) mass is 660 g/mol. The summed E-state index contributed by atoms with van der Waals surface area (Å²) in [6.07, 6.45) is 5.27. The molecule has 0 aromatic carbocycles. The first-order valence-electron chi connectivity index (χ1n) is 12.3. The van der Waals surface area contributed by atoms with Gasteiger partial charge in [0.15, 0.2) is 0 Å². The maximum absolute atomic E-state index is 7.32. The maximum atomic E-state index is 7.32. The number of hydrogen-bond donors (Lipinski definition) is 0. The second-order valence-corrected chi connectivity index (χ2v) is 6.95. The summed E-state index contributed by atoms with van der Waals surface area (Å²) in [7, 11) is 0. The molecule has 0 radical (unpaired) electrons. The minimum atomic E-state index is 0. The summed E-state index contributed by atoms with van der Waals surface area (Å²) in [4.78, 5) is 28.7. The number of rotatable bonds is 9. The molecule has 0 spiro atoms. The van der Waals surface area contributed by atoms with Gasteiger partial charge in [-0.05, 0) is 39.3 Å². The predicted octanol–water partition coefficient (Wildman–Crippen LogP) is 2.08. The molecule has 226 valence electrons. The quantitative estimate of drug-likeness (QED) is 0.313. The normalized spacial score (nSPS) is 9.69. The molecule has 0 fully saturated rings. The molecule has 0 atom stereocenters. The average molecular weight is 661 g/mol. The molecule has 0 aliphatic carbocycles.